The van der Waals surface area contributed by atoms with Crippen molar-refractivity contribution in [1.82, 2.24) is 5.32 Å². The number of halogens is 2. The zero-order valence-electron chi connectivity index (χ0n) is 11.6. The summed E-state index contributed by atoms with van der Waals surface area (Å²) in [6.07, 6.45) is 3.05. The Kier molecular flexibility index (Phi) is 5.76. The Morgan fingerprint density at radius 1 is 1.18 bits per heavy atom. The molecule has 0 spiro atoms. The van der Waals surface area contributed by atoms with Crippen molar-refractivity contribution in [1.29, 1.82) is 0 Å². The monoisotopic (exact) mass is 313 g/mol. The van der Waals surface area contributed by atoms with Crippen LogP contribution in [-0.4, -0.2) is 12.5 Å². The first-order chi connectivity index (χ1) is 10.6. The fourth-order valence-electron chi connectivity index (χ4n) is 1.65. The van der Waals surface area contributed by atoms with E-state index in [0.29, 0.717) is 10.6 Å². The van der Waals surface area contributed by atoms with Crippen molar-refractivity contribution in [2.45, 2.75) is 0 Å². The Morgan fingerprint density at radius 3 is 2.64 bits per heavy atom. The first-order valence-electron chi connectivity index (χ1n) is 6.60. The van der Waals surface area contributed by atoms with Gasteiger partial charge in [-0.15, -0.1) is 0 Å². The lowest BCUT2D eigenvalue weighted by Gasteiger charge is -1.97. The average molecular weight is 314 g/mol. The topological polar surface area (TPSA) is 29.1 Å². The summed E-state index contributed by atoms with van der Waals surface area (Å²) in [5.74, 6) is 5.07. The molecule has 0 saturated heterocycles. The number of carbonyl (C=O) groups is 1. The summed E-state index contributed by atoms with van der Waals surface area (Å²) in [5.41, 5.74) is 1.47. The molecule has 2 nitrogen and oxygen atoms in total. The van der Waals surface area contributed by atoms with Gasteiger partial charge in [-0.25, -0.2) is 4.39 Å². The quantitative estimate of drug-likeness (QED) is 0.680. The van der Waals surface area contributed by atoms with E-state index in [-0.39, 0.29) is 18.3 Å². The predicted octanol–water partition coefficient (Wildman–Crippen LogP) is 3.66. The number of hydrogen-bond acceptors (Lipinski definition) is 1. The van der Waals surface area contributed by atoms with Crippen molar-refractivity contribution in [2.75, 3.05) is 6.54 Å². The number of nitrogens with one attached hydrogen (secondary N) is 1. The Morgan fingerprint density at radius 2 is 1.91 bits per heavy atom. The van der Waals surface area contributed by atoms with Gasteiger partial charge in [0.15, 0.2) is 0 Å². The fraction of sp³-hybridized carbons (Fsp3) is 0.0556. The van der Waals surface area contributed by atoms with Gasteiger partial charge in [0.2, 0.25) is 5.91 Å². The molecule has 0 fully saturated rings. The van der Waals surface area contributed by atoms with Crippen LogP contribution in [0, 0.1) is 17.7 Å². The molecule has 1 amide bonds. The summed E-state index contributed by atoms with van der Waals surface area (Å²) in [7, 11) is 0. The number of rotatable bonds is 3. The first kappa shape index (κ1) is 15.8. The molecule has 0 bridgehead atoms. The van der Waals surface area contributed by atoms with Crippen LogP contribution in [0.25, 0.3) is 6.08 Å². The lowest BCUT2D eigenvalue weighted by Crippen LogP contribution is -2.20. The third-order valence-corrected chi connectivity index (χ3v) is 3.09. The summed E-state index contributed by atoms with van der Waals surface area (Å²) in [4.78, 5) is 11.6. The maximum atomic E-state index is 12.7. The van der Waals surface area contributed by atoms with E-state index in [2.05, 4.69) is 17.2 Å². The highest BCUT2D eigenvalue weighted by Gasteiger charge is 1.96. The highest BCUT2D eigenvalue weighted by Crippen LogP contribution is 2.15. The van der Waals surface area contributed by atoms with Crippen LogP contribution in [0.15, 0.2) is 54.6 Å². The van der Waals surface area contributed by atoms with E-state index in [1.54, 1.807) is 24.3 Å². The normalized spacial score (nSPS) is 10.1. The van der Waals surface area contributed by atoms with Gasteiger partial charge < -0.3 is 5.32 Å². The molecule has 0 radical (unpaired) electrons. The summed E-state index contributed by atoms with van der Waals surface area (Å²) in [5, 5.41) is 3.22. The fourth-order valence-corrected chi connectivity index (χ4v) is 1.84. The minimum atomic E-state index is -0.302. The Labute approximate surface area is 133 Å². The van der Waals surface area contributed by atoms with Crippen LogP contribution < -0.4 is 5.32 Å². The average Bonchev–Trinajstić information content (AvgIpc) is 2.52. The number of benzene rings is 2. The molecule has 2 aromatic carbocycles. The van der Waals surface area contributed by atoms with E-state index in [4.69, 9.17) is 11.6 Å². The molecule has 0 atom stereocenters. The van der Waals surface area contributed by atoms with E-state index in [1.165, 1.54) is 18.2 Å². The minimum Gasteiger partial charge on any atom is -0.342 e. The van der Waals surface area contributed by atoms with Crippen molar-refractivity contribution in [3.05, 3.63) is 76.6 Å². The third kappa shape index (κ3) is 5.08. The molecule has 2 aromatic rings. The van der Waals surface area contributed by atoms with E-state index in [9.17, 15) is 9.18 Å². The van der Waals surface area contributed by atoms with Crippen LogP contribution in [0.1, 0.15) is 11.1 Å². The van der Waals surface area contributed by atoms with Crippen LogP contribution in [0.2, 0.25) is 5.02 Å². The van der Waals surface area contributed by atoms with Gasteiger partial charge in [-0.05, 0) is 42.0 Å². The second-order valence-corrected chi connectivity index (χ2v) is 4.79. The molecule has 0 aliphatic heterocycles. The van der Waals surface area contributed by atoms with Crippen LogP contribution in [0.3, 0.4) is 0 Å². The van der Waals surface area contributed by atoms with Crippen molar-refractivity contribution >= 4 is 23.6 Å². The molecule has 110 valence electrons. The molecule has 0 aliphatic carbocycles. The maximum absolute atomic E-state index is 12.7. The first-order valence-corrected chi connectivity index (χ1v) is 6.98. The molecule has 0 heterocycles. The Hall–Kier alpha value is -2.57. The summed E-state index contributed by atoms with van der Waals surface area (Å²) < 4.78 is 12.7. The maximum Gasteiger partial charge on any atom is 0.244 e. The molecule has 0 unspecified atom stereocenters. The summed E-state index contributed by atoms with van der Waals surface area (Å²) in [6.45, 7) is 0.211. The SMILES string of the molecule is O=C(/C=C/c1ccccc1Cl)NCC#Cc1ccc(F)cc1. The number of amides is 1. The van der Waals surface area contributed by atoms with E-state index in [0.717, 1.165) is 5.56 Å². The van der Waals surface area contributed by atoms with Gasteiger partial charge in [0.25, 0.3) is 0 Å². The summed E-state index contributed by atoms with van der Waals surface area (Å²) >= 11 is 5.98. The number of carbonyl (C=O) groups excluding carboxylic acids is 1. The Balaban J connectivity index is 1.84. The molecule has 4 heteroatoms. The van der Waals surface area contributed by atoms with Gasteiger partial charge in [-0.3, -0.25) is 4.79 Å². The van der Waals surface area contributed by atoms with Gasteiger partial charge >= 0.3 is 0 Å². The molecule has 22 heavy (non-hydrogen) atoms. The largest absolute Gasteiger partial charge is 0.342 e. The van der Waals surface area contributed by atoms with Gasteiger partial charge in [0.05, 0.1) is 6.54 Å². The van der Waals surface area contributed by atoms with Crippen molar-refractivity contribution in [2.24, 2.45) is 0 Å². The Bertz CT molecular complexity index is 742. The van der Waals surface area contributed by atoms with Crippen molar-refractivity contribution < 1.29 is 9.18 Å². The lowest BCUT2D eigenvalue weighted by atomic mass is 10.2. The second kappa shape index (κ2) is 8.02. The number of hydrogen-bond donors (Lipinski definition) is 1. The van der Waals surface area contributed by atoms with Crippen LogP contribution in [0.4, 0.5) is 4.39 Å². The molecule has 0 saturated carbocycles. The standard InChI is InChI=1S/C18H13ClFNO/c19-17-6-2-1-5-15(17)9-12-18(22)21-13-3-4-14-7-10-16(20)11-8-14/h1-2,5-12H,13H2,(H,21,22)/b12-9+. The molecule has 1 N–H and O–H groups in total. The smallest absolute Gasteiger partial charge is 0.244 e. The third-order valence-electron chi connectivity index (χ3n) is 2.75. The molecule has 0 aromatic heterocycles. The lowest BCUT2D eigenvalue weighted by molar-refractivity contribution is -0.116. The molecular weight excluding hydrogens is 301 g/mol. The van der Waals surface area contributed by atoms with Crippen molar-refractivity contribution in [3.63, 3.8) is 0 Å². The zero-order valence-corrected chi connectivity index (χ0v) is 12.4. The van der Waals surface area contributed by atoms with Crippen LogP contribution in [-0.2, 0) is 4.79 Å². The van der Waals surface area contributed by atoms with Gasteiger partial charge in [0, 0.05) is 16.7 Å². The van der Waals surface area contributed by atoms with E-state index in [1.807, 2.05) is 18.2 Å². The molecular formula is C18H13ClFNO. The zero-order chi connectivity index (χ0) is 15.8. The highest BCUT2D eigenvalue weighted by atomic mass is 35.5. The minimum absolute atomic E-state index is 0.211. The van der Waals surface area contributed by atoms with Crippen LogP contribution >= 0.6 is 11.6 Å². The van der Waals surface area contributed by atoms with Crippen molar-refractivity contribution in [3.8, 4) is 11.8 Å². The van der Waals surface area contributed by atoms with Gasteiger partial charge in [-0.2, -0.15) is 0 Å². The predicted molar refractivity (Wildman–Crippen MR) is 86.8 cm³/mol. The van der Waals surface area contributed by atoms with Crippen LogP contribution in [0.5, 0.6) is 0 Å². The second-order valence-electron chi connectivity index (χ2n) is 4.38. The highest BCUT2D eigenvalue weighted by molar-refractivity contribution is 6.32. The van der Waals surface area contributed by atoms with Gasteiger partial charge in [-0.1, -0.05) is 41.6 Å². The van der Waals surface area contributed by atoms with Gasteiger partial charge in [0.1, 0.15) is 5.82 Å². The molecule has 0 aliphatic rings. The molecule has 2 rings (SSSR count). The van der Waals surface area contributed by atoms with E-state index >= 15 is 0 Å². The summed E-state index contributed by atoms with van der Waals surface area (Å²) in [6, 6.07) is 13.1. The van der Waals surface area contributed by atoms with E-state index < -0.39 is 0 Å².